The molecule has 0 unspecified atom stereocenters. The number of nitrogens with one attached hydrogen (secondary N) is 1. The van der Waals surface area contributed by atoms with Gasteiger partial charge in [-0.3, -0.25) is 19.5 Å². The van der Waals surface area contributed by atoms with Gasteiger partial charge in [-0.25, -0.2) is 0 Å². The van der Waals surface area contributed by atoms with Gasteiger partial charge < -0.3 is 20.5 Å². The maximum atomic E-state index is 14.3. The Hall–Kier alpha value is -3.07. The normalized spacial score (nSPS) is 24.7. The van der Waals surface area contributed by atoms with Gasteiger partial charge in [0.15, 0.2) is 11.6 Å². The molecular weight excluding hydrogens is 444 g/mol. The molecule has 2 aromatic carbocycles. The van der Waals surface area contributed by atoms with Crippen molar-refractivity contribution >= 4 is 17.8 Å². The fraction of sp³-hybridized carbons (Fsp3) is 0.444. The van der Waals surface area contributed by atoms with Gasteiger partial charge in [-0.1, -0.05) is 24.3 Å². The summed E-state index contributed by atoms with van der Waals surface area (Å²) in [4.78, 5) is 34.8. The van der Waals surface area contributed by atoms with Crippen LogP contribution < -0.4 is 20.5 Å². The summed E-state index contributed by atoms with van der Waals surface area (Å²) in [7, 11) is 3.17. The SMILES string of the molecule is COc1cccc(C(=O)[C@@H]2CNCC[C@H]2[C@]2(C(=O)c3cccc(OC)c3)C=NCN(CCN)C2)c1. The molecule has 8 nitrogen and oxygen atoms in total. The first-order valence-electron chi connectivity index (χ1n) is 12.0. The molecule has 4 rings (SSSR count). The maximum Gasteiger partial charge on any atom is 0.176 e. The van der Waals surface area contributed by atoms with Gasteiger partial charge in [-0.15, -0.1) is 0 Å². The lowest BCUT2D eigenvalue weighted by atomic mass is 9.61. The fourth-order valence-corrected chi connectivity index (χ4v) is 5.40. The Labute approximate surface area is 206 Å². The first kappa shape index (κ1) is 25.0. The van der Waals surface area contributed by atoms with Crippen molar-refractivity contribution in [3.8, 4) is 11.5 Å². The monoisotopic (exact) mass is 478 g/mol. The Kier molecular flexibility index (Phi) is 7.95. The van der Waals surface area contributed by atoms with Crippen LogP contribution in [-0.4, -0.2) is 76.3 Å². The van der Waals surface area contributed by atoms with Crippen LogP contribution in [0.25, 0.3) is 0 Å². The van der Waals surface area contributed by atoms with E-state index in [1.807, 2.05) is 42.6 Å². The van der Waals surface area contributed by atoms with Crippen LogP contribution in [0, 0.1) is 17.3 Å². The predicted molar refractivity (Wildman–Crippen MR) is 136 cm³/mol. The molecule has 2 heterocycles. The molecule has 1 fully saturated rings. The number of aliphatic imine (C=N–C) groups is 1. The first-order chi connectivity index (χ1) is 17.0. The minimum atomic E-state index is -0.957. The molecule has 2 aliphatic heterocycles. The number of hydrogen-bond acceptors (Lipinski definition) is 8. The smallest absolute Gasteiger partial charge is 0.176 e. The summed E-state index contributed by atoms with van der Waals surface area (Å²) in [6, 6.07) is 14.4. The second-order valence-electron chi connectivity index (χ2n) is 9.20. The minimum Gasteiger partial charge on any atom is -0.497 e. The standard InChI is InChI=1S/C27H34N4O4/c1-34-21-7-3-5-19(13-21)25(32)23-15-29-11-9-24(23)27(16-30-18-31(17-27)12-10-28)26(33)20-6-4-8-22(14-20)35-2/h3-8,13-14,16,23-24,29H,9-12,15,17-18,28H2,1-2H3/t23-,24-,27+/m1/s1. The van der Waals surface area contributed by atoms with E-state index in [2.05, 4.69) is 15.2 Å². The third kappa shape index (κ3) is 5.15. The summed E-state index contributed by atoms with van der Waals surface area (Å²) in [5.41, 5.74) is 6.04. The predicted octanol–water partition coefficient (Wildman–Crippen LogP) is 2.28. The van der Waals surface area contributed by atoms with Crippen LogP contribution in [0.2, 0.25) is 0 Å². The minimum absolute atomic E-state index is 0.00302. The number of ketones is 2. The summed E-state index contributed by atoms with van der Waals surface area (Å²) in [5.74, 6) is 0.583. The average molecular weight is 479 g/mol. The molecule has 0 amide bonds. The Morgan fingerprint density at radius 2 is 1.80 bits per heavy atom. The van der Waals surface area contributed by atoms with Gasteiger partial charge in [-0.2, -0.15) is 0 Å². The van der Waals surface area contributed by atoms with Crippen molar-refractivity contribution in [2.24, 2.45) is 28.0 Å². The zero-order chi connectivity index (χ0) is 24.8. The van der Waals surface area contributed by atoms with E-state index in [1.54, 1.807) is 26.4 Å². The topological polar surface area (TPSA) is 106 Å². The number of ether oxygens (including phenoxy) is 2. The van der Waals surface area contributed by atoms with Gasteiger partial charge >= 0.3 is 0 Å². The summed E-state index contributed by atoms with van der Waals surface area (Å²) in [6.45, 7) is 3.28. The van der Waals surface area contributed by atoms with E-state index in [9.17, 15) is 9.59 Å². The molecule has 1 saturated heterocycles. The average Bonchev–Trinajstić information content (AvgIpc) is 2.92. The van der Waals surface area contributed by atoms with E-state index in [-0.39, 0.29) is 17.5 Å². The number of piperidine rings is 1. The largest absolute Gasteiger partial charge is 0.497 e. The van der Waals surface area contributed by atoms with Gasteiger partial charge in [0.05, 0.1) is 26.3 Å². The number of nitrogens with zero attached hydrogens (tertiary/aromatic N) is 2. The van der Waals surface area contributed by atoms with Crippen LogP contribution in [0.15, 0.2) is 53.5 Å². The molecule has 0 bridgehead atoms. The molecule has 0 spiro atoms. The number of benzene rings is 2. The number of Topliss-reactive ketones (excluding diaryl/α,β-unsaturated/α-hetero) is 2. The Morgan fingerprint density at radius 3 is 2.49 bits per heavy atom. The van der Waals surface area contributed by atoms with Crippen molar-refractivity contribution in [2.75, 3.05) is 53.6 Å². The lowest BCUT2D eigenvalue weighted by molar-refractivity contribution is 0.0486. The highest BCUT2D eigenvalue weighted by atomic mass is 16.5. The van der Waals surface area contributed by atoms with Crippen LogP contribution in [0.3, 0.4) is 0 Å². The van der Waals surface area contributed by atoms with E-state index in [1.165, 1.54) is 0 Å². The number of carbonyl (C=O) groups excluding carboxylic acids is 2. The number of hydrogen-bond donors (Lipinski definition) is 2. The third-order valence-corrected chi connectivity index (χ3v) is 7.12. The highest BCUT2D eigenvalue weighted by Gasteiger charge is 2.52. The molecule has 0 radical (unpaired) electrons. The molecule has 0 saturated carbocycles. The van der Waals surface area contributed by atoms with Crippen molar-refractivity contribution in [1.82, 2.24) is 10.2 Å². The van der Waals surface area contributed by atoms with Crippen LogP contribution in [0.5, 0.6) is 11.5 Å². The Bertz CT molecular complexity index is 1090. The van der Waals surface area contributed by atoms with E-state index < -0.39 is 11.3 Å². The van der Waals surface area contributed by atoms with Gasteiger partial charge in [0.25, 0.3) is 0 Å². The molecule has 2 aromatic rings. The van der Waals surface area contributed by atoms with Crippen molar-refractivity contribution in [1.29, 1.82) is 0 Å². The summed E-state index contributed by atoms with van der Waals surface area (Å²) >= 11 is 0. The van der Waals surface area contributed by atoms with Gasteiger partial charge in [0.2, 0.25) is 0 Å². The molecule has 35 heavy (non-hydrogen) atoms. The number of rotatable bonds is 9. The van der Waals surface area contributed by atoms with Gasteiger partial charge in [-0.05, 0) is 43.1 Å². The summed E-state index contributed by atoms with van der Waals surface area (Å²) in [6.07, 6.45) is 2.49. The van der Waals surface area contributed by atoms with Crippen molar-refractivity contribution in [3.63, 3.8) is 0 Å². The molecule has 186 valence electrons. The van der Waals surface area contributed by atoms with Crippen LogP contribution in [-0.2, 0) is 0 Å². The van der Waals surface area contributed by atoms with Crippen molar-refractivity contribution < 1.29 is 19.1 Å². The molecule has 3 atom stereocenters. The Balaban J connectivity index is 1.77. The van der Waals surface area contributed by atoms with E-state index in [4.69, 9.17) is 15.2 Å². The fourth-order valence-electron chi connectivity index (χ4n) is 5.40. The molecule has 2 aliphatic rings. The van der Waals surface area contributed by atoms with Crippen LogP contribution in [0.1, 0.15) is 27.1 Å². The highest BCUT2D eigenvalue weighted by molar-refractivity contribution is 6.11. The molecule has 0 aromatic heterocycles. The lowest BCUT2D eigenvalue weighted by Gasteiger charge is -2.47. The lowest BCUT2D eigenvalue weighted by Crippen LogP contribution is -2.58. The maximum absolute atomic E-state index is 14.3. The van der Waals surface area contributed by atoms with Crippen molar-refractivity contribution in [2.45, 2.75) is 6.42 Å². The van der Waals surface area contributed by atoms with E-state index in [0.717, 1.165) is 6.54 Å². The second-order valence-corrected chi connectivity index (χ2v) is 9.20. The number of carbonyl (C=O) groups is 2. The zero-order valence-electron chi connectivity index (χ0n) is 20.4. The van der Waals surface area contributed by atoms with E-state index >= 15 is 0 Å². The van der Waals surface area contributed by atoms with E-state index in [0.29, 0.717) is 61.9 Å². The van der Waals surface area contributed by atoms with Gasteiger partial charge in [0, 0.05) is 49.4 Å². The summed E-state index contributed by atoms with van der Waals surface area (Å²) < 4.78 is 10.7. The van der Waals surface area contributed by atoms with Crippen LogP contribution >= 0.6 is 0 Å². The third-order valence-electron chi connectivity index (χ3n) is 7.12. The second kappa shape index (κ2) is 11.1. The molecule has 0 aliphatic carbocycles. The Morgan fingerprint density at radius 1 is 1.11 bits per heavy atom. The highest BCUT2D eigenvalue weighted by Crippen LogP contribution is 2.42. The number of nitrogens with two attached hydrogens (primary N) is 1. The molecular formula is C27H34N4O4. The van der Waals surface area contributed by atoms with Gasteiger partial charge in [0.1, 0.15) is 11.5 Å². The van der Waals surface area contributed by atoms with Crippen LogP contribution in [0.4, 0.5) is 0 Å². The molecule has 3 N–H and O–H groups in total. The summed E-state index contributed by atoms with van der Waals surface area (Å²) in [5, 5.41) is 3.37. The first-order valence-corrected chi connectivity index (χ1v) is 12.0. The quantitative estimate of drug-likeness (QED) is 0.533. The molecule has 8 heteroatoms. The number of methoxy groups -OCH3 is 2. The van der Waals surface area contributed by atoms with Crippen molar-refractivity contribution in [3.05, 3.63) is 59.7 Å². The zero-order valence-corrected chi connectivity index (χ0v) is 20.4.